The molecule has 1 aliphatic rings. The molecule has 2 aromatic heterocycles. The Kier molecular flexibility index (Phi) is 2.77. The number of aromatic nitrogens is 2. The Labute approximate surface area is 112 Å². The van der Waals surface area contributed by atoms with Crippen LogP contribution in [-0.2, 0) is 0 Å². The summed E-state index contributed by atoms with van der Waals surface area (Å²) in [4.78, 5) is 1.96. The van der Waals surface area contributed by atoms with Gasteiger partial charge >= 0.3 is 0 Å². The van der Waals surface area contributed by atoms with E-state index in [1.807, 2.05) is 23.1 Å². The quantitative estimate of drug-likeness (QED) is 0.804. The molecule has 0 aromatic carbocycles. The number of hydrogen-bond donors (Lipinski definition) is 0. The second kappa shape index (κ2) is 4.19. The van der Waals surface area contributed by atoms with Gasteiger partial charge < -0.3 is 4.90 Å². The minimum absolute atomic E-state index is 0.0950. The number of rotatable bonds is 1. The van der Waals surface area contributed by atoms with Crippen molar-refractivity contribution in [2.45, 2.75) is 18.8 Å². The third kappa shape index (κ3) is 2.09. The van der Waals surface area contributed by atoms with Gasteiger partial charge in [0.2, 0.25) is 0 Å². The lowest BCUT2D eigenvalue weighted by molar-refractivity contribution is -0.0222. The van der Waals surface area contributed by atoms with E-state index in [-0.39, 0.29) is 12.8 Å². The molecule has 0 spiro atoms. The van der Waals surface area contributed by atoms with Gasteiger partial charge in [-0.25, -0.2) is 13.3 Å². The van der Waals surface area contributed by atoms with Crippen LogP contribution in [-0.4, -0.2) is 28.6 Å². The first-order chi connectivity index (χ1) is 8.55. The number of anilines is 1. The normalized spacial score (nSPS) is 19.4. The van der Waals surface area contributed by atoms with Crippen LogP contribution in [0.5, 0.6) is 0 Å². The van der Waals surface area contributed by atoms with E-state index < -0.39 is 5.92 Å². The summed E-state index contributed by atoms with van der Waals surface area (Å²) in [5.41, 5.74) is 0.955. The lowest BCUT2D eigenvalue weighted by atomic mass is 10.1. The highest BCUT2D eigenvalue weighted by molar-refractivity contribution is 9.10. The number of pyridine rings is 1. The summed E-state index contributed by atoms with van der Waals surface area (Å²) in [5, 5.41) is 4.24. The summed E-state index contributed by atoms with van der Waals surface area (Å²) in [6.07, 6.45) is 1.52. The SMILES string of the molecule is FC1(F)CCN(c2cc(Br)cc3ccnn23)CC1. The molecule has 6 heteroatoms. The van der Waals surface area contributed by atoms with Crippen molar-refractivity contribution in [1.82, 2.24) is 9.61 Å². The molecule has 0 atom stereocenters. The van der Waals surface area contributed by atoms with E-state index in [0.29, 0.717) is 13.1 Å². The number of fused-ring (bicyclic) bond motifs is 1. The number of piperidine rings is 1. The van der Waals surface area contributed by atoms with Crippen LogP contribution >= 0.6 is 15.9 Å². The zero-order chi connectivity index (χ0) is 12.8. The van der Waals surface area contributed by atoms with Gasteiger partial charge in [0.1, 0.15) is 5.82 Å². The highest BCUT2D eigenvalue weighted by atomic mass is 79.9. The van der Waals surface area contributed by atoms with Crippen molar-refractivity contribution < 1.29 is 8.78 Å². The van der Waals surface area contributed by atoms with Crippen LogP contribution in [0.2, 0.25) is 0 Å². The first kappa shape index (κ1) is 11.9. The molecule has 1 aliphatic heterocycles. The molecule has 3 nitrogen and oxygen atoms in total. The largest absolute Gasteiger partial charge is 0.356 e. The molecule has 0 N–H and O–H groups in total. The maximum atomic E-state index is 13.2. The summed E-state index contributed by atoms with van der Waals surface area (Å²) in [6.45, 7) is 0.719. The highest BCUT2D eigenvalue weighted by Crippen LogP contribution is 2.31. The van der Waals surface area contributed by atoms with E-state index in [0.717, 1.165) is 15.8 Å². The zero-order valence-corrected chi connectivity index (χ0v) is 11.2. The van der Waals surface area contributed by atoms with Gasteiger partial charge in [0.25, 0.3) is 5.92 Å². The second-order valence-corrected chi connectivity index (χ2v) is 5.46. The van der Waals surface area contributed by atoms with Gasteiger partial charge in [-0.3, -0.25) is 0 Å². The molecule has 0 amide bonds. The standard InChI is InChI=1S/C12H12BrF2N3/c13-9-7-10-1-4-16-18(10)11(8-9)17-5-2-12(14,15)3-6-17/h1,4,7-8H,2-3,5-6H2. The Morgan fingerprint density at radius 3 is 2.67 bits per heavy atom. The molecule has 1 saturated heterocycles. The van der Waals surface area contributed by atoms with Crippen molar-refractivity contribution in [3.05, 3.63) is 28.9 Å². The molecule has 3 heterocycles. The van der Waals surface area contributed by atoms with Crippen molar-refractivity contribution in [3.63, 3.8) is 0 Å². The fraction of sp³-hybridized carbons (Fsp3) is 0.417. The first-order valence-electron chi connectivity index (χ1n) is 5.81. The Morgan fingerprint density at radius 1 is 1.22 bits per heavy atom. The monoisotopic (exact) mass is 315 g/mol. The van der Waals surface area contributed by atoms with E-state index in [1.165, 1.54) is 0 Å². The predicted molar refractivity (Wildman–Crippen MR) is 69.3 cm³/mol. The molecule has 0 bridgehead atoms. The van der Waals surface area contributed by atoms with Gasteiger partial charge in [0.05, 0.1) is 11.7 Å². The Balaban J connectivity index is 1.97. The zero-order valence-electron chi connectivity index (χ0n) is 9.61. The van der Waals surface area contributed by atoms with Gasteiger partial charge in [-0.2, -0.15) is 5.10 Å². The molecule has 0 aliphatic carbocycles. The number of hydrogen-bond acceptors (Lipinski definition) is 2. The van der Waals surface area contributed by atoms with Gasteiger partial charge in [-0.1, -0.05) is 15.9 Å². The first-order valence-corrected chi connectivity index (χ1v) is 6.61. The van der Waals surface area contributed by atoms with E-state index in [4.69, 9.17) is 0 Å². The Morgan fingerprint density at radius 2 is 1.94 bits per heavy atom. The molecule has 0 saturated carbocycles. The van der Waals surface area contributed by atoms with Crippen molar-refractivity contribution in [3.8, 4) is 0 Å². The topological polar surface area (TPSA) is 20.5 Å². The number of halogens is 3. The molecule has 18 heavy (non-hydrogen) atoms. The number of nitrogens with zero attached hydrogens (tertiary/aromatic N) is 3. The molecule has 1 fully saturated rings. The second-order valence-electron chi connectivity index (χ2n) is 4.54. The van der Waals surface area contributed by atoms with E-state index in [1.54, 1.807) is 10.7 Å². The fourth-order valence-electron chi connectivity index (χ4n) is 2.27. The summed E-state index contributed by atoms with van der Waals surface area (Å²) < 4.78 is 29.1. The Bertz CT molecular complexity index is 572. The lowest BCUT2D eigenvalue weighted by Gasteiger charge is -2.33. The van der Waals surface area contributed by atoms with E-state index in [2.05, 4.69) is 21.0 Å². The molecular weight excluding hydrogens is 304 g/mol. The summed E-state index contributed by atoms with van der Waals surface area (Å²) in [5.74, 6) is -1.66. The van der Waals surface area contributed by atoms with Crippen molar-refractivity contribution in [1.29, 1.82) is 0 Å². The van der Waals surface area contributed by atoms with E-state index in [9.17, 15) is 8.78 Å². The van der Waals surface area contributed by atoms with Gasteiger partial charge in [-0.15, -0.1) is 0 Å². The van der Waals surface area contributed by atoms with Crippen LogP contribution < -0.4 is 4.90 Å². The van der Waals surface area contributed by atoms with E-state index >= 15 is 0 Å². The summed E-state index contributed by atoms with van der Waals surface area (Å²) in [7, 11) is 0. The molecule has 0 unspecified atom stereocenters. The third-order valence-electron chi connectivity index (χ3n) is 3.26. The average Bonchev–Trinajstić information content (AvgIpc) is 2.76. The van der Waals surface area contributed by atoms with Crippen LogP contribution in [0.15, 0.2) is 28.9 Å². The minimum atomic E-state index is -2.52. The van der Waals surface area contributed by atoms with Gasteiger partial charge in [-0.05, 0) is 18.2 Å². The summed E-state index contributed by atoms with van der Waals surface area (Å²) in [6, 6.07) is 5.77. The van der Waals surface area contributed by atoms with Crippen LogP contribution in [0.4, 0.5) is 14.6 Å². The molecule has 0 radical (unpaired) electrons. The predicted octanol–water partition coefficient (Wildman–Crippen LogP) is 3.33. The Hall–Kier alpha value is -1.17. The summed E-state index contributed by atoms with van der Waals surface area (Å²) >= 11 is 3.44. The third-order valence-corrected chi connectivity index (χ3v) is 3.72. The maximum absolute atomic E-state index is 13.2. The van der Waals surface area contributed by atoms with Crippen LogP contribution in [0, 0.1) is 0 Å². The van der Waals surface area contributed by atoms with Crippen molar-refractivity contribution >= 4 is 27.3 Å². The lowest BCUT2D eigenvalue weighted by Crippen LogP contribution is -2.40. The molecule has 3 rings (SSSR count). The molecule has 2 aromatic rings. The fourth-order valence-corrected chi connectivity index (χ4v) is 2.71. The van der Waals surface area contributed by atoms with Crippen LogP contribution in [0.3, 0.4) is 0 Å². The van der Waals surface area contributed by atoms with Crippen LogP contribution in [0.25, 0.3) is 5.52 Å². The number of alkyl halides is 2. The van der Waals surface area contributed by atoms with Crippen molar-refractivity contribution in [2.24, 2.45) is 0 Å². The minimum Gasteiger partial charge on any atom is -0.356 e. The van der Waals surface area contributed by atoms with Crippen molar-refractivity contribution in [2.75, 3.05) is 18.0 Å². The van der Waals surface area contributed by atoms with Gasteiger partial charge in [0.15, 0.2) is 0 Å². The highest BCUT2D eigenvalue weighted by Gasteiger charge is 2.34. The maximum Gasteiger partial charge on any atom is 0.251 e. The van der Waals surface area contributed by atoms with Crippen LogP contribution in [0.1, 0.15) is 12.8 Å². The smallest absolute Gasteiger partial charge is 0.251 e. The molecular formula is C12H12BrF2N3. The average molecular weight is 316 g/mol. The molecule has 96 valence electrons. The van der Waals surface area contributed by atoms with Gasteiger partial charge in [0, 0.05) is 30.4 Å².